The molecule has 0 amide bonds. The quantitative estimate of drug-likeness (QED) is 0.230. The van der Waals surface area contributed by atoms with Crippen LogP contribution in [-0.4, -0.2) is 61.8 Å². The summed E-state index contributed by atoms with van der Waals surface area (Å²) in [6.45, 7) is 13.6. The van der Waals surface area contributed by atoms with Crippen molar-refractivity contribution in [2.75, 3.05) is 39.8 Å². The Morgan fingerprint density at radius 2 is 1.96 bits per heavy atom. The van der Waals surface area contributed by atoms with Gasteiger partial charge in [0, 0.05) is 19.1 Å². The first-order valence-electron chi connectivity index (χ1n) is 10.2. The first kappa shape index (κ1) is 26.8. The maximum atomic E-state index is 9.68. The predicted molar refractivity (Wildman–Crippen MR) is 129 cm³/mol. The van der Waals surface area contributed by atoms with Crippen LogP contribution < -0.4 is 15.4 Å². The molecule has 0 saturated carbocycles. The summed E-state index contributed by atoms with van der Waals surface area (Å²) in [6, 6.07) is 5.82. The maximum absolute atomic E-state index is 9.68. The third-order valence-corrected chi connectivity index (χ3v) is 4.65. The minimum absolute atomic E-state index is 0. The van der Waals surface area contributed by atoms with Gasteiger partial charge in [0.25, 0.3) is 0 Å². The molecule has 0 aromatic heterocycles. The monoisotopic (exact) mass is 506 g/mol. The van der Waals surface area contributed by atoms with Crippen molar-refractivity contribution in [3.05, 3.63) is 23.8 Å². The van der Waals surface area contributed by atoms with Crippen molar-refractivity contribution in [2.24, 2.45) is 4.99 Å². The predicted octanol–water partition coefficient (Wildman–Crippen LogP) is 3.63. The summed E-state index contributed by atoms with van der Waals surface area (Å²) in [4.78, 5) is 7.14. The molecule has 0 saturated heterocycles. The maximum Gasteiger partial charge on any atom is 0.191 e. The second kappa shape index (κ2) is 15.7. The Balaban J connectivity index is 0.00000729. The standard InChI is InChI=1S/C21H38N4O2.HI/c1-6-22-21(24-17(4)10-9-15-25(7-2)8-3)23-14-13-18-11-12-19(26)20(16-18)27-5;/h11-12,16-17,26H,6-10,13-15H2,1-5H3,(H2,22,23,24);1H. The average Bonchev–Trinajstić information content (AvgIpc) is 2.66. The Labute approximate surface area is 188 Å². The molecule has 0 radical (unpaired) electrons. The molecule has 0 aliphatic rings. The van der Waals surface area contributed by atoms with Crippen LogP contribution in [0.4, 0.5) is 0 Å². The van der Waals surface area contributed by atoms with E-state index in [1.807, 2.05) is 12.1 Å². The average molecular weight is 506 g/mol. The molecule has 0 fully saturated rings. The van der Waals surface area contributed by atoms with Gasteiger partial charge in [-0.05, 0) is 70.4 Å². The van der Waals surface area contributed by atoms with E-state index >= 15 is 0 Å². The molecule has 7 heteroatoms. The van der Waals surface area contributed by atoms with E-state index in [1.54, 1.807) is 13.2 Å². The number of guanidine groups is 1. The summed E-state index contributed by atoms with van der Waals surface area (Å²) in [6.07, 6.45) is 3.10. The Morgan fingerprint density at radius 1 is 1.25 bits per heavy atom. The topological polar surface area (TPSA) is 69.1 Å². The van der Waals surface area contributed by atoms with Crippen LogP contribution in [0.1, 0.15) is 46.1 Å². The van der Waals surface area contributed by atoms with Gasteiger partial charge in [0.1, 0.15) is 0 Å². The number of methoxy groups -OCH3 is 1. The van der Waals surface area contributed by atoms with Gasteiger partial charge in [0.15, 0.2) is 17.5 Å². The Morgan fingerprint density at radius 3 is 2.57 bits per heavy atom. The van der Waals surface area contributed by atoms with E-state index in [0.717, 1.165) is 50.5 Å². The van der Waals surface area contributed by atoms with Gasteiger partial charge in [-0.2, -0.15) is 0 Å². The highest BCUT2D eigenvalue weighted by Crippen LogP contribution is 2.26. The molecule has 162 valence electrons. The van der Waals surface area contributed by atoms with Gasteiger partial charge < -0.3 is 25.4 Å². The molecule has 6 nitrogen and oxygen atoms in total. The van der Waals surface area contributed by atoms with Crippen LogP contribution in [0, 0.1) is 0 Å². The molecule has 0 aliphatic carbocycles. The molecule has 0 aliphatic heterocycles. The molecular weight excluding hydrogens is 467 g/mol. The molecule has 0 bridgehead atoms. The highest BCUT2D eigenvalue weighted by molar-refractivity contribution is 14.0. The van der Waals surface area contributed by atoms with E-state index in [0.29, 0.717) is 18.3 Å². The number of phenolic OH excluding ortho intramolecular Hbond substituents is 1. The van der Waals surface area contributed by atoms with Crippen LogP contribution >= 0.6 is 24.0 Å². The zero-order chi connectivity index (χ0) is 20.1. The smallest absolute Gasteiger partial charge is 0.191 e. The summed E-state index contributed by atoms with van der Waals surface area (Å²) in [5.74, 6) is 1.53. The van der Waals surface area contributed by atoms with E-state index in [-0.39, 0.29) is 29.7 Å². The number of phenols is 1. The zero-order valence-corrected chi connectivity index (χ0v) is 20.5. The van der Waals surface area contributed by atoms with Crippen LogP contribution in [0.15, 0.2) is 23.2 Å². The van der Waals surface area contributed by atoms with Gasteiger partial charge in [-0.1, -0.05) is 19.9 Å². The fourth-order valence-corrected chi connectivity index (χ4v) is 2.96. The van der Waals surface area contributed by atoms with Gasteiger partial charge in [0.05, 0.1) is 7.11 Å². The molecule has 1 rings (SSSR count). The Bertz CT molecular complexity index is 565. The number of ether oxygens (including phenoxy) is 1. The van der Waals surface area contributed by atoms with Crippen molar-refractivity contribution < 1.29 is 9.84 Å². The SMILES string of the molecule is CCNC(=NCCc1ccc(O)c(OC)c1)NC(C)CCCN(CC)CC.I. The highest BCUT2D eigenvalue weighted by atomic mass is 127. The molecule has 1 aromatic rings. The first-order chi connectivity index (χ1) is 13.0. The van der Waals surface area contributed by atoms with Gasteiger partial charge in [-0.3, -0.25) is 4.99 Å². The van der Waals surface area contributed by atoms with E-state index in [9.17, 15) is 5.11 Å². The van der Waals surface area contributed by atoms with Crippen LogP contribution in [0.3, 0.4) is 0 Å². The Kier molecular flexibility index (Phi) is 15.0. The van der Waals surface area contributed by atoms with Crippen molar-refractivity contribution in [1.82, 2.24) is 15.5 Å². The van der Waals surface area contributed by atoms with Crippen molar-refractivity contribution >= 4 is 29.9 Å². The number of aromatic hydroxyl groups is 1. The largest absolute Gasteiger partial charge is 0.504 e. The van der Waals surface area contributed by atoms with Crippen LogP contribution in [0.5, 0.6) is 11.5 Å². The summed E-state index contributed by atoms with van der Waals surface area (Å²) < 4.78 is 5.16. The molecule has 1 unspecified atom stereocenters. The van der Waals surface area contributed by atoms with Gasteiger partial charge >= 0.3 is 0 Å². The number of nitrogens with zero attached hydrogens (tertiary/aromatic N) is 2. The second-order valence-corrected chi connectivity index (χ2v) is 6.73. The number of hydrogen-bond donors (Lipinski definition) is 3. The van der Waals surface area contributed by atoms with Crippen molar-refractivity contribution in [3.63, 3.8) is 0 Å². The number of rotatable bonds is 12. The second-order valence-electron chi connectivity index (χ2n) is 6.73. The van der Waals surface area contributed by atoms with E-state index in [1.165, 1.54) is 6.42 Å². The Hall–Kier alpha value is -1.22. The van der Waals surface area contributed by atoms with E-state index in [2.05, 4.69) is 48.2 Å². The van der Waals surface area contributed by atoms with Gasteiger partial charge in [0.2, 0.25) is 0 Å². The fraction of sp³-hybridized carbons (Fsp3) is 0.667. The van der Waals surface area contributed by atoms with Crippen LogP contribution in [0.2, 0.25) is 0 Å². The minimum atomic E-state index is 0. The molecular formula is C21H39IN4O2. The summed E-state index contributed by atoms with van der Waals surface area (Å²) in [5.41, 5.74) is 1.09. The normalized spacial score (nSPS) is 12.4. The van der Waals surface area contributed by atoms with E-state index in [4.69, 9.17) is 4.74 Å². The summed E-state index contributed by atoms with van der Waals surface area (Å²) >= 11 is 0. The number of nitrogens with one attached hydrogen (secondary N) is 2. The number of halogens is 1. The molecule has 0 spiro atoms. The lowest BCUT2D eigenvalue weighted by molar-refractivity contribution is 0.292. The minimum Gasteiger partial charge on any atom is -0.504 e. The summed E-state index contributed by atoms with van der Waals surface area (Å²) in [7, 11) is 1.56. The molecule has 0 heterocycles. The third-order valence-electron chi connectivity index (χ3n) is 4.65. The number of hydrogen-bond acceptors (Lipinski definition) is 4. The summed E-state index contributed by atoms with van der Waals surface area (Å²) in [5, 5.41) is 16.5. The van der Waals surface area contributed by atoms with Crippen LogP contribution in [-0.2, 0) is 6.42 Å². The van der Waals surface area contributed by atoms with Crippen molar-refractivity contribution in [3.8, 4) is 11.5 Å². The number of aliphatic imine (C=N–C) groups is 1. The van der Waals surface area contributed by atoms with Gasteiger partial charge in [-0.25, -0.2) is 0 Å². The van der Waals surface area contributed by atoms with E-state index < -0.39 is 0 Å². The third kappa shape index (κ3) is 10.4. The fourth-order valence-electron chi connectivity index (χ4n) is 2.96. The lowest BCUT2D eigenvalue weighted by Crippen LogP contribution is -2.42. The van der Waals surface area contributed by atoms with Crippen molar-refractivity contribution in [2.45, 2.75) is 53.0 Å². The lowest BCUT2D eigenvalue weighted by atomic mass is 10.1. The molecule has 28 heavy (non-hydrogen) atoms. The lowest BCUT2D eigenvalue weighted by Gasteiger charge is -2.21. The highest BCUT2D eigenvalue weighted by Gasteiger charge is 2.07. The first-order valence-corrected chi connectivity index (χ1v) is 10.2. The van der Waals surface area contributed by atoms with Crippen molar-refractivity contribution in [1.29, 1.82) is 0 Å². The molecule has 3 N–H and O–H groups in total. The zero-order valence-electron chi connectivity index (χ0n) is 18.1. The van der Waals surface area contributed by atoms with Gasteiger partial charge in [-0.15, -0.1) is 24.0 Å². The van der Waals surface area contributed by atoms with Crippen LogP contribution in [0.25, 0.3) is 0 Å². The molecule has 1 aromatic carbocycles. The number of benzene rings is 1. The molecule has 1 atom stereocenters.